The first-order chi connectivity index (χ1) is 9.50. The molecule has 0 fully saturated rings. The molecular formula is C14H8ClNO4. The normalized spacial score (nSPS) is 10.1. The molecule has 0 spiro atoms. The lowest BCUT2D eigenvalue weighted by atomic mass is 9.98. The largest absolute Gasteiger partial charge is 0.289 e. The van der Waals surface area contributed by atoms with Gasteiger partial charge < -0.3 is 0 Å². The number of nitro groups is 1. The van der Waals surface area contributed by atoms with Crippen LogP contribution in [-0.4, -0.2) is 15.9 Å². The van der Waals surface area contributed by atoms with E-state index in [1.54, 1.807) is 30.3 Å². The summed E-state index contributed by atoms with van der Waals surface area (Å²) < 4.78 is 0. The summed E-state index contributed by atoms with van der Waals surface area (Å²) in [6.07, 6.45) is 0. The maximum Gasteiger partial charge on any atom is 0.270 e. The first-order valence-electron chi connectivity index (χ1n) is 5.58. The molecule has 0 saturated carbocycles. The molecule has 2 aromatic rings. The van der Waals surface area contributed by atoms with E-state index in [0.29, 0.717) is 5.56 Å². The monoisotopic (exact) mass is 289 g/mol. The van der Waals surface area contributed by atoms with Crippen molar-refractivity contribution < 1.29 is 14.5 Å². The molecule has 0 radical (unpaired) electrons. The minimum Gasteiger partial charge on any atom is -0.289 e. The highest BCUT2D eigenvalue weighted by molar-refractivity contribution is 6.68. The Morgan fingerprint density at radius 2 is 1.65 bits per heavy atom. The average molecular weight is 290 g/mol. The maximum atomic E-state index is 12.3. The number of nitro benzene ring substituents is 1. The molecular weight excluding hydrogens is 282 g/mol. The molecule has 0 saturated heterocycles. The molecule has 0 aliphatic heterocycles. The summed E-state index contributed by atoms with van der Waals surface area (Å²) >= 11 is 5.41. The number of halogens is 1. The fourth-order valence-electron chi connectivity index (χ4n) is 1.75. The minimum atomic E-state index is -0.834. The number of carbonyl (C=O) groups excluding carboxylic acids is 2. The molecule has 0 heterocycles. The smallest absolute Gasteiger partial charge is 0.270 e. The Morgan fingerprint density at radius 1 is 1.00 bits per heavy atom. The van der Waals surface area contributed by atoms with Crippen LogP contribution in [0.2, 0.25) is 0 Å². The molecule has 0 aliphatic rings. The summed E-state index contributed by atoms with van der Waals surface area (Å²) in [4.78, 5) is 33.8. The second-order valence-electron chi connectivity index (χ2n) is 3.96. The van der Waals surface area contributed by atoms with Gasteiger partial charge in [0.1, 0.15) is 0 Å². The van der Waals surface area contributed by atoms with E-state index in [2.05, 4.69) is 0 Å². The summed E-state index contributed by atoms with van der Waals surface area (Å²) in [6, 6.07) is 11.6. The van der Waals surface area contributed by atoms with Crippen LogP contribution in [0.4, 0.5) is 5.69 Å². The van der Waals surface area contributed by atoms with Gasteiger partial charge in [-0.15, -0.1) is 0 Å². The Hall–Kier alpha value is -2.53. The van der Waals surface area contributed by atoms with E-state index in [-0.39, 0.29) is 16.8 Å². The van der Waals surface area contributed by atoms with Crippen molar-refractivity contribution in [2.75, 3.05) is 0 Å². The number of rotatable bonds is 4. The van der Waals surface area contributed by atoms with Crippen LogP contribution in [0.3, 0.4) is 0 Å². The third kappa shape index (κ3) is 2.73. The van der Waals surface area contributed by atoms with Crippen LogP contribution in [0, 0.1) is 10.1 Å². The highest BCUT2D eigenvalue weighted by atomic mass is 35.5. The van der Waals surface area contributed by atoms with Gasteiger partial charge in [-0.3, -0.25) is 19.7 Å². The van der Waals surface area contributed by atoms with Crippen molar-refractivity contribution in [3.63, 3.8) is 0 Å². The zero-order chi connectivity index (χ0) is 14.7. The van der Waals surface area contributed by atoms with Crippen molar-refractivity contribution in [3.8, 4) is 0 Å². The molecule has 20 heavy (non-hydrogen) atoms. The Kier molecular flexibility index (Phi) is 3.91. The van der Waals surface area contributed by atoms with Crippen molar-refractivity contribution >= 4 is 28.3 Å². The van der Waals surface area contributed by atoms with Crippen LogP contribution < -0.4 is 0 Å². The number of benzene rings is 2. The lowest BCUT2D eigenvalue weighted by molar-refractivity contribution is -0.384. The van der Waals surface area contributed by atoms with Crippen molar-refractivity contribution in [3.05, 3.63) is 75.3 Å². The van der Waals surface area contributed by atoms with E-state index in [0.717, 1.165) is 12.1 Å². The minimum absolute atomic E-state index is 0.0499. The van der Waals surface area contributed by atoms with Gasteiger partial charge in [-0.1, -0.05) is 30.3 Å². The fourth-order valence-corrected chi connectivity index (χ4v) is 1.91. The van der Waals surface area contributed by atoms with E-state index in [1.165, 1.54) is 6.07 Å². The molecule has 2 aromatic carbocycles. The Morgan fingerprint density at radius 3 is 2.20 bits per heavy atom. The zero-order valence-electron chi connectivity index (χ0n) is 10.1. The number of non-ortho nitro benzene ring substituents is 1. The third-order valence-electron chi connectivity index (χ3n) is 2.71. The Labute approximate surface area is 118 Å². The number of ketones is 1. The molecule has 5 nitrogen and oxygen atoms in total. The highest BCUT2D eigenvalue weighted by Gasteiger charge is 2.20. The summed E-state index contributed by atoms with van der Waals surface area (Å²) in [6.45, 7) is 0. The van der Waals surface area contributed by atoms with Gasteiger partial charge in [0, 0.05) is 28.8 Å². The molecule has 100 valence electrons. The molecule has 0 bridgehead atoms. The van der Waals surface area contributed by atoms with Gasteiger partial charge >= 0.3 is 0 Å². The summed E-state index contributed by atoms with van der Waals surface area (Å²) in [7, 11) is 0. The van der Waals surface area contributed by atoms with Crippen LogP contribution in [0.1, 0.15) is 26.3 Å². The number of carbonyl (C=O) groups is 2. The molecule has 2 rings (SSSR count). The summed E-state index contributed by atoms with van der Waals surface area (Å²) in [5.41, 5.74) is -0.0744. The van der Waals surface area contributed by atoms with Crippen LogP contribution >= 0.6 is 11.6 Å². The van der Waals surface area contributed by atoms with Gasteiger partial charge in [-0.25, -0.2) is 0 Å². The van der Waals surface area contributed by atoms with Gasteiger partial charge in [0.2, 0.25) is 0 Å². The van der Waals surface area contributed by atoms with Gasteiger partial charge in [-0.05, 0) is 17.7 Å². The van der Waals surface area contributed by atoms with Crippen molar-refractivity contribution in [2.45, 2.75) is 0 Å². The molecule has 6 heteroatoms. The van der Waals surface area contributed by atoms with E-state index >= 15 is 0 Å². The number of hydrogen-bond donors (Lipinski definition) is 0. The molecule has 0 aromatic heterocycles. The van der Waals surface area contributed by atoms with Crippen molar-refractivity contribution in [1.29, 1.82) is 0 Å². The summed E-state index contributed by atoms with van der Waals surface area (Å²) in [5, 5.41) is 9.94. The Balaban J connectivity index is 2.58. The standard InChI is InChI=1S/C14H8ClNO4/c15-14(18)11-7-6-10(16(19)20)8-12(11)13(17)9-4-2-1-3-5-9/h1-8H. The van der Waals surface area contributed by atoms with Gasteiger partial charge in [0.15, 0.2) is 5.78 Å². The van der Waals surface area contributed by atoms with Crippen molar-refractivity contribution in [2.24, 2.45) is 0 Å². The molecule has 0 atom stereocenters. The topological polar surface area (TPSA) is 77.3 Å². The Bertz CT molecular complexity index is 698. The van der Waals surface area contributed by atoms with Crippen LogP contribution in [-0.2, 0) is 0 Å². The third-order valence-corrected chi connectivity index (χ3v) is 2.91. The number of nitrogens with zero attached hydrogens (tertiary/aromatic N) is 1. The molecule has 0 unspecified atom stereocenters. The number of hydrogen-bond acceptors (Lipinski definition) is 4. The average Bonchev–Trinajstić information content (AvgIpc) is 2.46. The molecule has 0 amide bonds. The van der Waals surface area contributed by atoms with Crippen molar-refractivity contribution in [1.82, 2.24) is 0 Å². The molecule has 0 N–H and O–H groups in total. The van der Waals surface area contributed by atoms with Crippen LogP contribution in [0.15, 0.2) is 48.5 Å². The van der Waals surface area contributed by atoms with E-state index < -0.39 is 15.9 Å². The summed E-state index contributed by atoms with van der Waals surface area (Å²) in [5.74, 6) is -0.488. The second kappa shape index (κ2) is 5.63. The quantitative estimate of drug-likeness (QED) is 0.375. The van der Waals surface area contributed by atoms with E-state index in [4.69, 9.17) is 11.6 Å². The lowest BCUT2D eigenvalue weighted by Gasteiger charge is -2.05. The second-order valence-corrected chi connectivity index (χ2v) is 4.30. The van der Waals surface area contributed by atoms with E-state index in [9.17, 15) is 19.7 Å². The van der Waals surface area contributed by atoms with E-state index in [1.807, 2.05) is 0 Å². The molecule has 0 aliphatic carbocycles. The van der Waals surface area contributed by atoms with Gasteiger partial charge in [0.25, 0.3) is 10.9 Å². The van der Waals surface area contributed by atoms with Crippen LogP contribution in [0.5, 0.6) is 0 Å². The van der Waals surface area contributed by atoms with Gasteiger partial charge in [0.05, 0.1) is 4.92 Å². The first kappa shape index (κ1) is 13.9. The lowest BCUT2D eigenvalue weighted by Crippen LogP contribution is -2.08. The zero-order valence-corrected chi connectivity index (χ0v) is 10.8. The fraction of sp³-hybridized carbons (Fsp3) is 0. The van der Waals surface area contributed by atoms with Gasteiger partial charge in [-0.2, -0.15) is 0 Å². The highest BCUT2D eigenvalue weighted by Crippen LogP contribution is 2.22. The van der Waals surface area contributed by atoms with Crippen LogP contribution in [0.25, 0.3) is 0 Å². The maximum absolute atomic E-state index is 12.3. The first-order valence-corrected chi connectivity index (χ1v) is 5.96. The predicted molar refractivity (Wildman–Crippen MR) is 73.2 cm³/mol. The predicted octanol–water partition coefficient (Wildman–Crippen LogP) is 3.20. The SMILES string of the molecule is O=C(Cl)c1ccc([N+](=O)[O-])cc1C(=O)c1ccccc1.